The number of nitrogens with one attached hydrogen (secondary N) is 1. The number of alkyl halides is 6. The van der Waals surface area contributed by atoms with Gasteiger partial charge in [-0.25, -0.2) is 5.32 Å². The molecule has 1 unspecified atom stereocenters. The summed E-state index contributed by atoms with van der Waals surface area (Å²) < 4.78 is 84.1. The summed E-state index contributed by atoms with van der Waals surface area (Å²) in [4.78, 5) is 0. The van der Waals surface area contributed by atoms with Gasteiger partial charge in [-0.15, -0.1) is 10.2 Å². The highest BCUT2D eigenvalue weighted by atomic mass is 19.4. The molecule has 0 spiro atoms. The molecule has 1 aromatic heterocycles. The van der Waals surface area contributed by atoms with Gasteiger partial charge in [-0.2, -0.15) is 31.6 Å². The van der Waals surface area contributed by atoms with E-state index in [0.29, 0.717) is 17.3 Å². The van der Waals surface area contributed by atoms with Crippen molar-refractivity contribution in [2.24, 2.45) is 0 Å². The SMILES string of the molecule is N#Cc1ccc(C(Cc2nnc(-c3ccc(N)cc3)o2)NC(F)(F)F)cc1C(F)(F)F. The Hall–Kier alpha value is -3.59. The van der Waals surface area contributed by atoms with Crippen LogP contribution in [0.5, 0.6) is 0 Å². The molecule has 0 aliphatic heterocycles. The number of nitrogen functional groups attached to an aromatic ring is 1. The van der Waals surface area contributed by atoms with Gasteiger partial charge in [-0.1, -0.05) is 6.07 Å². The van der Waals surface area contributed by atoms with Gasteiger partial charge in [0.15, 0.2) is 0 Å². The van der Waals surface area contributed by atoms with E-state index in [1.165, 1.54) is 11.4 Å². The van der Waals surface area contributed by atoms with Crippen LogP contribution in [0.2, 0.25) is 0 Å². The maximum atomic E-state index is 13.2. The average Bonchev–Trinajstić information content (AvgIpc) is 3.14. The number of halogens is 6. The Balaban J connectivity index is 1.94. The summed E-state index contributed by atoms with van der Waals surface area (Å²) in [6, 6.07) is 8.27. The first kappa shape index (κ1) is 22.1. The van der Waals surface area contributed by atoms with Crippen LogP contribution in [0.25, 0.3) is 11.5 Å². The Kier molecular flexibility index (Phi) is 5.90. The molecule has 0 saturated carbocycles. The molecule has 0 aliphatic carbocycles. The average molecular weight is 441 g/mol. The molecule has 0 bridgehead atoms. The first-order valence-electron chi connectivity index (χ1n) is 8.60. The van der Waals surface area contributed by atoms with Crippen molar-refractivity contribution >= 4 is 5.69 Å². The van der Waals surface area contributed by atoms with Crippen LogP contribution < -0.4 is 11.1 Å². The van der Waals surface area contributed by atoms with E-state index < -0.39 is 36.1 Å². The van der Waals surface area contributed by atoms with E-state index >= 15 is 0 Å². The first-order valence-corrected chi connectivity index (χ1v) is 8.60. The lowest BCUT2D eigenvalue weighted by atomic mass is 9.97. The maximum absolute atomic E-state index is 13.2. The van der Waals surface area contributed by atoms with Gasteiger partial charge in [0.2, 0.25) is 11.8 Å². The molecule has 0 amide bonds. The Bertz CT molecular complexity index is 1100. The van der Waals surface area contributed by atoms with Gasteiger partial charge in [-0.05, 0) is 42.0 Å². The molecule has 6 nitrogen and oxygen atoms in total. The van der Waals surface area contributed by atoms with Crippen LogP contribution in [0, 0.1) is 11.3 Å². The predicted octanol–water partition coefficient (Wildman–Crippen LogP) is 4.60. The fourth-order valence-corrected chi connectivity index (χ4v) is 2.81. The van der Waals surface area contributed by atoms with Crippen LogP contribution in [-0.2, 0) is 12.6 Å². The molecular weight excluding hydrogens is 428 g/mol. The van der Waals surface area contributed by atoms with Crippen LogP contribution in [0.1, 0.15) is 28.6 Å². The van der Waals surface area contributed by atoms with Crippen LogP contribution >= 0.6 is 0 Å². The number of nitrogens with zero attached hydrogens (tertiary/aromatic N) is 3. The zero-order valence-corrected chi connectivity index (χ0v) is 15.4. The monoisotopic (exact) mass is 441 g/mol. The highest BCUT2D eigenvalue weighted by Gasteiger charge is 2.37. The third-order valence-electron chi connectivity index (χ3n) is 4.21. The van der Waals surface area contributed by atoms with Crippen molar-refractivity contribution in [3.05, 3.63) is 65.0 Å². The van der Waals surface area contributed by atoms with E-state index in [0.717, 1.165) is 12.1 Å². The number of rotatable bonds is 5. The molecule has 31 heavy (non-hydrogen) atoms. The summed E-state index contributed by atoms with van der Waals surface area (Å²) in [6.45, 7) is 0. The third-order valence-corrected chi connectivity index (χ3v) is 4.21. The number of nitrogens with two attached hydrogens (primary N) is 1. The smallest absolute Gasteiger partial charge is 0.421 e. The third kappa shape index (κ3) is 5.52. The molecule has 2 aromatic carbocycles. The second-order valence-electron chi connectivity index (χ2n) is 6.44. The van der Waals surface area contributed by atoms with Gasteiger partial charge in [0, 0.05) is 23.7 Å². The van der Waals surface area contributed by atoms with Gasteiger partial charge in [0.1, 0.15) is 0 Å². The van der Waals surface area contributed by atoms with E-state index in [4.69, 9.17) is 15.4 Å². The zero-order valence-electron chi connectivity index (χ0n) is 15.4. The Morgan fingerprint density at radius 3 is 2.29 bits per heavy atom. The van der Waals surface area contributed by atoms with Crippen molar-refractivity contribution in [2.75, 3.05) is 5.73 Å². The van der Waals surface area contributed by atoms with Crippen molar-refractivity contribution in [1.29, 1.82) is 5.26 Å². The van der Waals surface area contributed by atoms with E-state index in [1.54, 1.807) is 24.3 Å². The van der Waals surface area contributed by atoms with Crippen LogP contribution in [0.3, 0.4) is 0 Å². The molecule has 0 radical (unpaired) electrons. The van der Waals surface area contributed by atoms with Crippen LogP contribution in [0.4, 0.5) is 32.0 Å². The van der Waals surface area contributed by atoms with Gasteiger partial charge in [0.05, 0.1) is 17.2 Å². The normalized spacial score (nSPS) is 13.1. The lowest BCUT2D eigenvalue weighted by molar-refractivity contribution is -0.164. The van der Waals surface area contributed by atoms with E-state index in [1.807, 2.05) is 0 Å². The lowest BCUT2D eigenvalue weighted by Crippen LogP contribution is -2.36. The van der Waals surface area contributed by atoms with Crippen LogP contribution in [-0.4, -0.2) is 16.5 Å². The molecule has 3 N–H and O–H groups in total. The fraction of sp³-hybridized carbons (Fsp3) is 0.211. The Morgan fingerprint density at radius 2 is 1.71 bits per heavy atom. The molecule has 12 heteroatoms. The summed E-state index contributed by atoms with van der Waals surface area (Å²) in [5.74, 6) is -0.219. The standard InChI is InChI=1S/C19H13F6N5O/c20-18(21,22)14-7-11(1-2-12(14)9-26)15(28-19(23,24)25)8-16-29-30-17(31-16)10-3-5-13(27)6-4-10/h1-7,15,28H,8,27H2. The molecule has 3 aromatic rings. The number of nitriles is 1. The zero-order chi connectivity index (χ0) is 22.8. The minimum atomic E-state index is -4.92. The lowest BCUT2D eigenvalue weighted by Gasteiger charge is -2.21. The molecule has 0 fully saturated rings. The Labute approximate surface area is 171 Å². The van der Waals surface area contributed by atoms with Gasteiger partial charge in [-0.3, -0.25) is 0 Å². The molecule has 3 rings (SSSR count). The summed E-state index contributed by atoms with van der Waals surface area (Å²) in [5, 5.41) is 17.6. The van der Waals surface area contributed by atoms with Gasteiger partial charge >= 0.3 is 12.5 Å². The number of hydrogen-bond acceptors (Lipinski definition) is 6. The van der Waals surface area contributed by atoms with Gasteiger partial charge in [0.25, 0.3) is 0 Å². The Morgan fingerprint density at radius 1 is 1.03 bits per heavy atom. The van der Waals surface area contributed by atoms with Crippen molar-refractivity contribution in [1.82, 2.24) is 15.5 Å². The molecule has 162 valence electrons. The first-order chi connectivity index (χ1) is 14.5. The van der Waals surface area contributed by atoms with Gasteiger partial charge < -0.3 is 10.2 Å². The van der Waals surface area contributed by atoms with E-state index in [2.05, 4.69) is 10.2 Å². The molecule has 1 heterocycles. The quantitative estimate of drug-likeness (QED) is 0.341. The number of benzene rings is 2. The molecule has 0 aliphatic rings. The minimum absolute atomic E-state index is 0.0107. The van der Waals surface area contributed by atoms with E-state index in [9.17, 15) is 26.3 Å². The number of hydrogen-bond donors (Lipinski definition) is 2. The highest BCUT2D eigenvalue weighted by molar-refractivity contribution is 5.56. The highest BCUT2D eigenvalue weighted by Crippen LogP contribution is 2.35. The second-order valence-corrected chi connectivity index (χ2v) is 6.44. The number of anilines is 1. The van der Waals surface area contributed by atoms with Crippen molar-refractivity contribution in [3.8, 4) is 17.5 Å². The molecule has 1 atom stereocenters. The summed E-state index contributed by atoms with van der Waals surface area (Å²) in [7, 11) is 0. The van der Waals surface area contributed by atoms with Crippen molar-refractivity contribution in [2.45, 2.75) is 24.9 Å². The summed E-state index contributed by atoms with van der Waals surface area (Å²) >= 11 is 0. The topological polar surface area (TPSA) is 101 Å². The maximum Gasteiger partial charge on any atom is 0.457 e. The number of aromatic nitrogens is 2. The molecule has 0 saturated heterocycles. The largest absolute Gasteiger partial charge is 0.457 e. The fourth-order valence-electron chi connectivity index (χ4n) is 2.81. The summed E-state index contributed by atoms with van der Waals surface area (Å²) in [6.07, 6.45) is -10.4. The van der Waals surface area contributed by atoms with Crippen molar-refractivity contribution in [3.63, 3.8) is 0 Å². The van der Waals surface area contributed by atoms with Crippen molar-refractivity contribution < 1.29 is 30.8 Å². The minimum Gasteiger partial charge on any atom is -0.421 e. The van der Waals surface area contributed by atoms with E-state index in [-0.39, 0.29) is 17.3 Å². The van der Waals surface area contributed by atoms with Crippen LogP contribution in [0.15, 0.2) is 46.9 Å². The predicted molar refractivity (Wildman–Crippen MR) is 95.9 cm³/mol. The second kappa shape index (κ2) is 8.27. The summed E-state index contributed by atoms with van der Waals surface area (Å²) in [5.41, 5.74) is 4.12. The molecular formula is C19H13F6N5O.